The number of carbonyl (C=O) groups excluding carboxylic acids is 3. The molecule has 1 aromatic carbocycles. The van der Waals surface area contributed by atoms with Crippen LogP contribution < -0.4 is 10.1 Å². The SMILES string of the molecule is COC(=O)CC(C)C(=O)c1cc([N+](=O)[O-])c(NC(=O)c2ccc(OC)cc2)s1. The van der Waals surface area contributed by atoms with Crippen LogP contribution >= 0.6 is 11.3 Å². The van der Waals surface area contributed by atoms with E-state index < -0.39 is 28.5 Å². The van der Waals surface area contributed by atoms with E-state index in [9.17, 15) is 24.5 Å². The Morgan fingerprint density at radius 3 is 2.39 bits per heavy atom. The van der Waals surface area contributed by atoms with Crippen molar-refractivity contribution in [1.29, 1.82) is 0 Å². The van der Waals surface area contributed by atoms with Crippen molar-refractivity contribution in [2.24, 2.45) is 5.92 Å². The van der Waals surface area contributed by atoms with E-state index in [1.807, 2.05) is 0 Å². The maximum atomic E-state index is 12.5. The Kier molecular flexibility index (Phi) is 6.83. The third kappa shape index (κ3) is 4.92. The van der Waals surface area contributed by atoms with Crippen LogP contribution in [0.2, 0.25) is 0 Å². The van der Waals surface area contributed by atoms with Gasteiger partial charge >= 0.3 is 11.7 Å². The number of nitro groups is 1. The minimum atomic E-state index is -0.712. The summed E-state index contributed by atoms with van der Waals surface area (Å²) in [6.45, 7) is 1.53. The fourth-order valence-electron chi connectivity index (χ4n) is 2.31. The second kappa shape index (κ2) is 9.09. The summed E-state index contributed by atoms with van der Waals surface area (Å²) < 4.78 is 9.55. The minimum absolute atomic E-state index is 0.0561. The van der Waals surface area contributed by atoms with Gasteiger partial charge in [0.05, 0.1) is 30.4 Å². The molecule has 9 nitrogen and oxygen atoms in total. The van der Waals surface area contributed by atoms with Crippen molar-refractivity contribution in [3.05, 3.63) is 50.9 Å². The van der Waals surface area contributed by atoms with E-state index in [0.717, 1.165) is 17.4 Å². The first-order valence-corrected chi connectivity index (χ1v) is 8.93. The molecule has 0 spiro atoms. The zero-order valence-electron chi connectivity index (χ0n) is 15.4. The van der Waals surface area contributed by atoms with Crippen LogP contribution in [-0.4, -0.2) is 36.8 Å². The molecule has 1 heterocycles. The number of carbonyl (C=O) groups is 3. The number of ether oxygens (including phenoxy) is 2. The number of nitrogens with one attached hydrogen (secondary N) is 1. The first kappa shape index (κ1) is 21.0. The van der Waals surface area contributed by atoms with Gasteiger partial charge < -0.3 is 14.8 Å². The van der Waals surface area contributed by atoms with E-state index in [-0.39, 0.29) is 27.5 Å². The number of rotatable bonds is 8. The summed E-state index contributed by atoms with van der Waals surface area (Å²) in [5, 5.41) is 13.7. The van der Waals surface area contributed by atoms with E-state index in [1.165, 1.54) is 33.3 Å². The molecule has 0 fully saturated rings. The molecular weight excluding hydrogens is 388 g/mol. The highest BCUT2D eigenvalue weighted by Gasteiger charge is 2.27. The summed E-state index contributed by atoms with van der Waals surface area (Å²) in [4.78, 5) is 46.9. The van der Waals surface area contributed by atoms with Crippen LogP contribution in [-0.2, 0) is 9.53 Å². The number of ketones is 1. The molecule has 2 aromatic rings. The lowest BCUT2D eigenvalue weighted by Crippen LogP contribution is -2.15. The summed E-state index contributed by atoms with van der Waals surface area (Å²) in [5.41, 5.74) is -0.115. The van der Waals surface area contributed by atoms with Crippen molar-refractivity contribution in [1.82, 2.24) is 0 Å². The fraction of sp³-hybridized carbons (Fsp3) is 0.278. The Labute approximate surface area is 164 Å². The molecule has 1 aromatic heterocycles. The zero-order chi connectivity index (χ0) is 20.8. The lowest BCUT2D eigenvalue weighted by atomic mass is 10.0. The van der Waals surface area contributed by atoms with Gasteiger partial charge in [-0.05, 0) is 24.3 Å². The molecule has 0 aliphatic rings. The van der Waals surface area contributed by atoms with Gasteiger partial charge in [-0.3, -0.25) is 24.5 Å². The van der Waals surface area contributed by atoms with E-state index in [0.29, 0.717) is 5.75 Å². The molecular formula is C18H18N2O7S. The number of esters is 1. The van der Waals surface area contributed by atoms with E-state index in [2.05, 4.69) is 10.1 Å². The number of methoxy groups -OCH3 is 2. The number of benzene rings is 1. The van der Waals surface area contributed by atoms with Crippen LogP contribution in [0.4, 0.5) is 10.7 Å². The molecule has 10 heteroatoms. The molecule has 148 valence electrons. The van der Waals surface area contributed by atoms with Crippen LogP contribution in [0.5, 0.6) is 5.75 Å². The van der Waals surface area contributed by atoms with Gasteiger partial charge in [-0.15, -0.1) is 11.3 Å². The van der Waals surface area contributed by atoms with E-state index in [4.69, 9.17) is 4.74 Å². The molecule has 0 saturated carbocycles. The van der Waals surface area contributed by atoms with Crippen molar-refractivity contribution < 1.29 is 28.8 Å². The molecule has 0 radical (unpaired) electrons. The van der Waals surface area contributed by atoms with Gasteiger partial charge in [0.2, 0.25) is 0 Å². The molecule has 0 saturated heterocycles. The topological polar surface area (TPSA) is 125 Å². The van der Waals surface area contributed by atoms with Crippen molar-refractivity contribution in [2.45, 2.75) is 13.3 Å². The Balaban J connectivity index is 2.24. The normalized spacial score (nSPS) is 11.4. The van der Waals surface area contributed by atoms with Gasteiger partial charge in [-0.2, -0.15) is 0 Å². The molecule has 1 unspecified atom stereocenters. The fourth-order valence-corrected chi connectivity index (χ4v) is 3.39. The van der Waals surface area contributed by atoms with Gasteiger partial charge in [0.15, 0.2) is 10.8 Å². The smallest absolute Gasteiger partial charge is 0.306 e. The summed E-state index contributed by atoms with van der Waals surface area (Å²) >= 11 is 0.790. The number of anilines is 1. The second-order valence-corrected chi connectivity index (χ2v) is 6.86. The van der Waals surface area contributed by atoms with Gasteiger partial charge in [0.25, 0.3) is 5.91 Å². The van der Waals surface area contributed by atoms with Crippen LogP contribution in [0, 0.1) is 16.0 Å². The largest absolute Gasteiger partial charge is 0.497 e. The lowest BCUT2D eigenvalue weighted by Gasteiger charge is -2.06. The van der Waals surface area contributed by atoms with Gasteiger partial charge in [-0.1, -0.05) is 6.92 Å². The predicted molar refractivity (Wildman–Crippen MR) is 102 cm³/mol. The van der Waals surface area contributed by atoms with Crippen molar-refractivity contribution in [3.63, 3.8) is 0 Å². The van der Waals surface area contributed by atoms with Crippen LogP contribution in [0.25, 0.3) is 0 Å². The summed E-state index contributed by atoms with van der Waals surface area (Å²) in [5.74, 6) is -1.71. The Morgan fingerprint density at radius 1 is 1.21 bits per heavy atom. The molecule has 28 heavy (non-hydrogen) atoms. The third-order valence-electron chi connectivity index (χ3n) is 3.88. The van der Waals surface area contributed by atoms with Gasteiger partial charge in [-0.25, -0.2) is 0 Å². The second-order valence-electron chi connectivity index (χ2n) is 5.81. The average Bonchev–Trinajstić information content (AvgIpc) is 3.11. The molecule has 0 aliphatic heterocycles. The number of hydrogen-bond acceptors (Lipinski definition) is 8. The Bertz CT molecular complexity index is 905. The minimum Gasteiger partial charge on any atom is -0.497 e. The molecule has 1 atom stereocenters. The number of thiophene rings is 1. The van der Waals surface area contributed by atoms with Crippen molar-refractivity contribution in [3.8, 4) is 5.75 Å². The monoisotopic (exact) mass is 406 g/mol. The number of nitrogens with zero attached hydrogens (tertiary/aromatic N) is 1. The van der Waals surface area contributed by atoms with Gasteiger partial charge in [0, 0.05) is 17.5 Å². The third-order valence-corrected chi connectivity index (χ3v) is 4.93. The molecule has 1 amide bonds. The Hall–Kier alpha value is -3.27. The van der Waals surface area contributed by atoms with E-state index >= 15 is 0 Å². The maximum absolute atomic E-state index is 12.5. The van der Waals surface area contributed by atoms with E-state index in [1.54, 1.807) is 12.1 Å². The molecule has 0 aliphatic carbocycles. The van der Waals surface area contributed by atoms with Gasteiger partial charge in [0.1, 0.15) is 5.75 Å². The highest BCUT2D eigenvalue weighted by atomic mass is 32.1. The first-order chi connectivity index (χ1) is 13.3. The van der Waals surface area contributed by atoms with Crippen molar-refractivity contribution in [2.75, 3.05) is 19.5 Å². The standard InChI is InChI=1S/C18H18N2O7S/c1-10(8-15(21)27-3)16(22)14-9-13(20(24)25)18(28-14)19-17(23)11-4-6-12(26-2)7-5-11/h4-7,9-10H,8H2,1-3H3,(H,19,23). The first-order valence-electron chi connectivity index (χ1n) is 8.11. The predicted octanol–water partition coefficient (Wildman–Crippen LogP) is 3.30. The number of hydrogen-bond donors (Lipinski definition) is 1. The average molecular weight is 406 g/mol. The quantitative estimate of drug-likeness (QED) is 0.308. The van der Waals surface area contributed by atoms with Crippen molar-refractivity contribution >= 4 is 39.7 Å². The zero-order valence-corrected chi connectivity index (χ0v) is 16.2. The maximum Gasteiger partial charge on any atom is 0.306 e. The highest BCUT2D eigenvalue weighted by Crippen LogP contribution is 2.36. The number of Topliss-reactive ketones (excluding diaryl/α,β-unsaturated/α-hetero) is 1. The highest BCUT2D eigenvalue weighted by molar-refractivity contribution is 7.18. The summed E-state index contributed by atoms with van der Waals surface area (Å²) in [7, 11) is 2.70. The molecule has 0 bridgehead atoms. The van der Waals surface area contributed by atoms with Crippen LogP contribution in [0.1, 0.15) is 33.4 Å². The van der Waals surface area contributed by atoms with Crippen LogP contribution in [0.3, 0.4) is 0 Å². The number of amides is 1. The molecule has 2 rings (SSSR count). The lowest BCUT2D eigenvalue weighted by molar-refractivity contribution is -0.383. The summed E-state index contributed by atoms with van der Waals surface area (Å²) in [6, 6.07) is 7.29. The van der Waals surface area contributed by atoms with Crippen LogP contribution in [0.15, 0.2) is 30.3 Å². The molecule has 1 N–H and O–H groups in total. The summed E-state index contributed by atoms with van der Waals surface area (Å²) in [6.07, 6.45) is -0.144. The Morgan fingerprint density at radius 2 is 1.86 bits per heavy atom.